The van der Waals surface area contributed by atoms with E-state index in [1.54, 1.807) is 0 Å². The van der Waals surface area contributed by atoms with Gasteiger partial charge in [0, 0.05) is 22.3 Å². The van der Waals surface area contributed by atoms with Crippen LogP contribution in [0.25, 0.3) is 12.2 Å². The Kier molecular flexibility index (Phi) is 5.88. The number of ether oxygens (including phenoxy) is 1. The molecule has 39 heavy (non-hydrogen) atoms. The Labute approximate surface area is 230 Å². The lowest BCUT2D eigenvalue weighted by Crippen LogP contribution is -2.47. The average molecular weight is 517 g/mol. The molecule has 1 aromatic carbocycles. The summed E-state index contributed by atoms with van der Waals surface area (Å²) in [6, 6.07) is 10.5. The van der Waals surface area contributed by atoms with E-state index < -0.39 is 5.72 Å². The number of aliphatic imine (C=N–C) groups is 2. The highest BCUT2D eigenvalue weighted by molar-refractivity contribution is 6.20. The van der Waals surface area contributed by atoms with Crippen LogP contribution in [0.4, 0.5) is 0 Å². The number of nitrogens with one attached hydrogen (secondary N) is 2. The largest absolute Gasteiger partial charge is 0.465 e. The summed E-state index contributed by atoms with van der Waals surface area (Å²) in [4.78, 5) is 13.2. The van der Waals surface area contributed by atoms with E-state index in [0.717, 1.165) is 39.3 Å². The van der Waals surface area contributed by atoms with Gasteiger partial charge >= 0.3 is 0 Å². The number of benzene rings is 1. The lowest BCUT2D eigenvalue weighted by Gasteiger charge is -2.35. The third kappa shape index (κ3) is 5.19. The smallest absolute Gasteiger partial charge is 0.202 e. The highest BCUT2D eigenvalue weighted by atomic mass is 16.5. The lowest BCUT2D eigenvalue weighted by molar-refractivity contribution is 0.135. The highest BCUT2D eigenvalue weighted by Crippen LogP contribution is 2.41. The van der Waals surface area contributed by atoms with Crippen molar-refractivity contribution < 1.29 is 4.74 Å². The summed E-state index contributed by atoms with van der Waals surface area (Å²) < 4.78 is 7.00. The number of allylic oxidation sites excluding steroid dienone is 4. The van der Waals surface area contributed by atoms with Crippen molar-refractivity contribution in [1.29, 1.82) is 0 Å². The van der Waals surface area contributed by atoms with Gasteiger partial charge in [0.05, 0.1) is 28.9 Å². The Hall–Kier alpha value is -3.96. The van der Waals surface area contributed by atoms with Gasteiger partial charge < -0.3 is 9.72 Å². The van der Waals surface area contributed by atoms with Crippen LogP contribution in [0, 0.1) is 0 Å². The first kappa shape index (κ1) is 25.3. The van der Waals surface area contributed by atoms with Gasteiger partial charge in [-0.2, -0.15) is 0 Å². The first-order valence-electron chi connectivity index (χ1n) is 13.6. The molecule has 4 aliphatic heterocycles. The summed E-state index contributed by atoms with van der Waals surface area (Å²) in [5.41, 5.74) is 5.08. The summed E-state index contributed by atoms with van der Waals surface area (Å²) in [5, 5.41) is 5.72. The maximum atomic E-state index is 7.00. The van der Waals surface area contributed by atoms with Gasteiger partial charge in [-0.25, -0.2) is 9.98 Å². The molecule has 6 rings (SSSR count). The zero-order valence-corrected chi connectivity index (χ0v) is 23.5. The molecule has 1 aromatic heterocycles. The van der Waals surface area contributed by atoms with E-state index in [2.05, 4.69) is 125 Å². The number of hydrogen-bond acceptors (Lipinski definition) is 4. The summed E-state index contributed by atoms with van der Waals surface area (Å²) in [6.07, 6.45) is 20.7. The number of hydrogen-bond donors (Lipinski definition) is 2. The molecule has 0 amide bonds. The minimum absolute atomic E-state index is 0.0209. The fourth-order valence-corrected chi connectivity index (χ4v) is 5.52. The number of fused-ring (bicyclic) bond motifs is 6. The van der Waals surface area contributed by atoms with E-state index in [1.807, 2.05) is 18.2 Å². The van der Waals surface area contributed by atoms with Crippen LogP contribution in [-0.2, 0) is 10.8 Å². The fourth-order valence-electron chi connectivity index (χ4n) is 5.52. The summed E-state index contributed by atoms with van der Waals surface area (Å²) in [7, 11) is 0. The van der Waals surface area contributed by atoms with E-state index in [0.29, 0.717) is 0 Å². The SMILES string of the molecule is CC(C)(C)c1cccc(OC23C=CC(C=C4C=CC(=N4)C=c4ccc([nH]4)=CC4=NC(=C2)C=C4)N3)c1C(C)(C)C. The predicted molar refractivity (Wildman–Crippen MR) is 162 cm³/mol. The van der Waals surface area contributed by atoms with Crippen molar-refractivity contribution in [2.75, 3.05) is 0 Å². The second kappa shape index (κ2) is 9.06. The minimum Gasteiger partial charge on any atom is -0.465 e. The molecular formula is C34H36N4O. The molecule has 2 aromatic rings. The summed E-state index contributed by atoms with van der Waals surface area (Å²) in [5.74, 6) is 0.874. The molecule has 0 saturated carbocycles. The number of aromatic nitrogens is 1. The van der Waals surface area contributed by atoms with Crippen LogP contribution in [0.2, 0.25) is 0 Å². The Morgan fingerprint density at radius 3 is 2.13 bits per heavy atom. The zero-order chi connectivity index (χ0) is 27.4. The molecule has 2 unspecified atom stereocenters. The highest BCUT2D eigenvalue weighted by Gasteiger charge is 2.37. The van der Waals surface area contributed by atoms with Crippen molar-refractivity contribution in [2.24, 2.45) is 9.98 Å². The van der Waals surface area contributed by atoms with E-state index in [4.69, 9.17) is 14.7 Å². The molecule has 4 aliphatic rings. The third-order valence-corrected chi connectivity index (χ3v) is 7.22. The van der Waals surface area contributed by atoms with Gasteiger partial charge in [0.1, 0.15) is 5.75 Å². The van der Waals surface area contributed by atoms with Gasteiger partial charge in [-0.15, -0.1) is 0 Å². The molecule has 2 atom stereocenters. The van der Waals surface area contributed by atoms with Gasteiger partial charge in [-0.1, -0.05) is 59.8 Å². The third-order valence-electron chi connectivity index (χ3n) is 7.22. The van der Waals surface area contributed by atoms with Crippen molar-refractivity contribution in [3.63, 3.8) is 0 Å². The summed E-state index contributed by atoms with van der Waals surface area (Å²) in [6.45, 7) is 13.5. The molecule has 8 bridgehead atoms. The summed E-state index contributed by atoms with van der Waals surface area (Å²) >= 11 is 0. The lowest BCUT2D eigenvalue weighted by atomic mass is 9.75. The monoisotopic (exact) mass is 516 g/mol. The number of H-pyrrole nitrogens is 1. The van der Waals surface area contributed by atoms with Crippen LogP contribution in [0.3, 0.4) is 0 Å². The Bertz CT molecular complexity index is 1670. The second-order valence-electron chi connectivity index (χ2n) is 12.7. The van der Waals surface area contributed by atoms with E-state index in [1.165, 1.54) is 11.1 Å². The van der Waals surface area contributed by atoms with Crippen molar-refractivity contribution in [2.45, 2.75) is 64.1 Å². The second-order valence-corrected chi connectivity index (χ2v) is 12.7. The molecule has 0 saturated heterocycles. The van der Waals surface area contributed by atoms with Crippen molar-refractivity contribution in [3.05, 3.63) is 112 Å². The van der Waals surface area contributed by atoms with Crippen molar-refractivity contribution in [1.82, 2.24) is 10.3 Å². The van der Waals surface area contributed by atoms with Gasteiger partial charge in [-0.3, -0.25) is 5.32 Å². The van der Waals surface area contributed by atoms with E-state index in [-0.39, 0.29) is 16.9 Å². The number of nitrogens with zero attached hydrogens (tertiary/aromatic N) is 2. The van der Waals surface area contributed by atoms with Crippen LogP contribution < -0.4 is 20.8 Å². The number of aromatic amines is 1. The van der Waals surface area contributed by atoms with Crippen LogP contribution in [-0.4, -0.2) is 28.2 Å². The molecule has 5 heteroatoms. The van der Waals surface area contributed by atoms with Gasteiger partial charge in [0.15, 0.2) is 0 Å². The van der Waals surface area contributed by atoms with Crippen LogP contribution in [0.15, 0.2) is 100 Å². The molecule has 0 spiro atoms. The van der Waals surface area contributed by atoms with Crippen LogP contribution in [0.5, 0.6) is 5.75 Å². The molecule has 5 nitrogen and oxygen atoms in total. The first-order chi connectivity index (χ1) is 18.5. The molecule has 0 aliphatic carbocycles. The maximum absolute atomic E-state index is 7.00. The van der Waals surface area contributed by atoms with Gasteiger partial charge in [0.2, 0.25) is 5.72 Å². The minimum atomic E-state index is -0.880. The molecule has 198 valence electrons. The number of rotatable bonds is 2. The van der Waals surface area contributed by atoms with E-state index >= 15 is 0 Å². The fraction of sp³-hybridized carbons (Fsp3) is 0.294. The van der Waals surface area contributed by atoms with Crippen molar-refractivity contribution >= 4 is 23.6 Å². The first-order valence-corrected chi connectivity index (χ1v) is 13.6. The average Bonchev–Trinajstić information content (AvgIpc) is 3.63. The molecule has 2 N–H and O–H groups in total. The molecule has 5 heterocycles. The van der Waals surface area contributed by atoms with Gasteiger partial charge in [-0.05, 0) is 83.2 Å². The zero-order valence-electron chi connectivity index (χ0n) is 23.5. The Morgan fingerprint density at radius 1 is 0.795 bits per heavy atom. The van der Waals surface area contributed by atoms with E-state index in [9.17, 15) is 0 Å². The quantitative estimate of drug-likeness (QED) is 0.534. The predicted octanol–water partition coefficient (Wildman–Crippen LogP) is 5.28. The topological polar surface area (TPSA) is 61.8 Å². The normalized spacial score (nSPS) is 23.6. The van der Waals surface area contributed by atoms with Gasteiger partial charge in [0.25, 0.3) is 0 Å². The van der Waals surface area contributed by atoms with Crippen LogP contribution >= 0.6 is 0 Å². The molecule has 0 radical (unpaired) electrons. The van der Waals surface area contributed by atoms with Crippen molar-refractivity contribution in [3.8, 4) is 5.75 Å². The maximum Gasteiger partial charge on any atom is 0.202 e. The molecular weight excluding hydrogens is 480 g/mol. The Balaban J connectivity index is 1.48. The Morgan fingerprint density at radius 2 is 1.46 bits per heavy atom. The molecule has 0 fully saturated rings. The standard InChI is InChI=1S/C34H36N4O/c1-32(2,3)29-8-7-9-30(31(29)33(4,5)6)39-34-17-16-27(38-34)20-26-13-12-23(36-26)18-22-10-11-24(35-22)19-25-14-15-28(21-34)37-25/h7-21,27,35,38H,1-6H3. The van der Waals surface area contributed by atoms with Crippen LogP contribution in [0.1, 0.15) is 52.7 Å².